The average Bonchev–Trinajstić information content (AvgIpc) is 3.35. The number of aryl methyl sites for hydroxylation is 1. The summed E-state index contributed by atoms with van der Waals surface area (Å²) in [6.45, 7) is 0.703. The number of ether oxygens (including phenoxy) is 1. The lowest BCUT2D eigenvalue weighted by molar-refractivity contribution is -0.116. The Bertz CT molecular complexity index is 1090. The number of hydrogen-bond donors (Lipinski definition) is 1. The third kappa shape index (κ3) is 3.89. The van der Waals surface area contributed by atoms with Crippen LogP contribution in [0.25, 0.3) is 11.2 Å². The summed E-state index contributed by atoms with van der Waals surface area (Å²) in [4.78, 5) is 22.9. The molecule has 0 bridgehead atoms. The SMILES string of the molecule is COc1ccccc1NC(=O)CCc1nc2cccnc2n1Cc1cccs1. The Labute approximate surface area is 166 Å². The third-order valence-electron chi connectivity index (χ3n) is 4.43. The van der Waals surface area contributed by atoms with Crippen molar-refractivity contribution < 1.29 is 9.53 Å². The van der Waals surface area contributed by atoms with Crippen LogP contribution in [0.5, 0.6) is 5.75 Å². The van der Waals surface area contributed by atoms with Crippen LogP contribution in [0.2, 0.25) is 0 Å². The molecular formula is C21H20N4O2S. The van der Waals surface area contributed by atoms with Gasteiger partial charge in [0.05, 0.1) is 19.3 Å². The number of para-hydroxylation sites is 2. The lowest BCUT2D eigenvalue weighted by atomic mass is 10.2. The summed E-state index contributed by atoms with van der Waals surface area (Å²) in [6.07, 6.45) is 2.63. The number of pyridine rings is 1. The molecule has 1 aromatic carbocycles. The fraction of sp³-hybridized carbons (Fsp3) is 0.190. The second kappa shape index (κ2) is 8.22. The van der Waals surface area contributed by atoms with Crippen molar-refractivity contribution in [3.05, 3.63) is 70.8 Å². The number of methoxy groups -OCH3 is 1. The number of anilines is 1. The van der Waals surface area contributed by atoms with Crippen molar-refractivity contribution in [2.45, 2.75) is 19.4 Å². The Morgan fingerprint density at radius 2 is 2.07 bits per heavy atom. The first-order valence-corrected chi connectivity index (χ1v) is 9.88. The molecule has 4 rings (SSSR count). The lowest BCUT2D eigenvalue weighted by Gasteiger charge is -2.10. The largest absolute Gasteiger partial charge is 0.495 e. The van der Waals surface area contributed by atoms with Gasteiger partial charge in [0.25, 0.3) is 0 Å². The predicted octanol–water partition coefficient (Wildman–Crippen LogP) is 4.12. The van der Waals surface area contributed by atoms with Crippen LogP contribution in [-0.4, -0.2) is 27.6 Å². The molecule has 1 N–H and O–H groups in total. The number of nitrogens with one attached hydrogen (secondary N) is 1. The lowest BCUT2D eigenvalue weighted by Crippen LogP contribution is -2.15. The molecular weight excluding hydrogens is 372 g/mol. The van der Waals surface area contributed by atoms with E-state index in [0.29, 0.717) is 30.8 Å². The van der Waals surface area contributed by atoms with Crippen LogP contribution < -0.4 is 10.1 Å². The van der Waals surface area contributed by atoms with Gasteiger partial charge in [-0.2, -0.15) is 0 Å². The summed E-state index contributed by atoms with van der Waals surface area (Å²) < 4.78 is 7.38. The fourth-order valence-electron chi connectivity index (χ4n) is 3.11. The topological polar surface area (TPSA) is 69.0 Å². The number of benzene rings is 1. The van der Waals surface area contributed by atoms with Gasteiger partial charge in [-0.3, -0.25) is 4.79 Å². The highest BCUT2D eigenvalue weighted by atomic mass is 32.1. The van der Waals surface area contributed by atoms with Gasteiger partial charge in [0, 0.05) is 23.9 Å². The average molecular weight is 392 g/mol. The number of imidazole rings is 1. The van der Waals surface area contributed by atoms with Crippen LogP contribution in [0, 0.1) is 0 Å². The van der Waals surface area contributed by atoms with Crippen molar-refractivity contribution in [1.82, 2.24) is 14.5 Å². The van der Waals surface area contributed by atoms with Crippen molar-refractivity contribution in [2.24, 2.45) is 0 Å². The predicted molar refractivity (Wildman–Crippen MR) is 111 cm³/mol. The number of carbonyl (C=O) groups excluding carboxylic acids is 1. The van der Waals surface area contributed by atoms with E-state index in [1.54, 1.807) is 24.6 Å². The number of amides is 1. The molecule has 0 saturated carbocycles. The number of rotatable bonds is 7. The zero-order valence-corrected chi connectivity index (χ0v) is 16.3. The van der Waals surface area contributed by atoms with Crippen molar-refractivity contribution in [2.75, 3.05) is 12.4 Å². The summed E-state index contributed by atoms with van der Waals surface area (Å²) in [6, 6.07) is 15.3. The van der Waals surface area contributed by atoms with Gasteiger partial charge >= 0.3 is 0 Å². The van der Waals surface area contributed by atoms with Gasteiger partial charge < -0.3 is 14.6 Å². The summed E-state index contributed by atoms with van der Waals surface area (Å²) >= 11 is 1.70. The van der Waals surface area contributed by atoms with Gasteiger partial charge in [0.15, 0.2) is 5.65 Å². The van der Waals surface area contributed by atoms with E-state index >= 15 is 0 Å². The molecule has 0 unspecified atom stereocenters. The third-order valence-corrected chi connectivity index (χ3v) is 5.29. The minimum absolute atomic E-state index is 0.0767. The second-order valence-corrected chi connectivity index (χ2v) is 7.32. The first-order valence-electron chi connectivity index (χ1n) is 9.00. The van der Waals surface area contributed by atoms with Crippen molar-refractivity contribution in [3.8, 4) is 5.75 Å². The highest BCUT2D eigenvalue weighted by molar-refractivity contribution is 7.09. The minimum Gasteiger partial charge on any atom is -0.495 e. The molecule has 0 atom stereocenters. The minimum atomic E-state index is -0.0767. The van der Waals surface area contributed by atoms with Gasteiger partial charge in [-0.05, 0) is 35.7 Å². The highest BCUT2D eigenvalue weighted by Gasteiger charge is 2.14. The molecule has 7 heteroatoms. The molecule has 0 radical (unpaired) electrons. The molecule has 0 spiro atoms. The molecule has 0 aliphatic heterocycles. The van der Waals surface area contributed by atoms with E-state index in [1.165, 1.54) is 4.88 Å². The first kappa shape index (κ1) is 18.2. The number of nitrogens with zero attached hydrogens (tertiary/aromatic N) is 3. The van der Waals surface area contributed by atoms with E-state index in [1.807, 2.05) is 42.5 Å². The Morgan fingerprint density at radius 1 is 1.18 bits per heavy atom. The molecule has 1 amide bonds. The number of thiophene rings is 1. The monoisotopic (exact) mass is 392 g/mol. The molecule has 28 heavy (non-hydrogen) atoms. The van der Waals surface area contributed by atoms with E-state index in [9.17, 15) is 4.79 Å². The zero-order chi connectivity index (χ0) is 19.3. The molecule has 142 valence electrons. The van der Waals surface area contributed by atoms with Gasteiger partial charge in [-0.25, -0.2) is 9.97 Å². The molecule has 3 heterocycles. The van der Waals surface area contributed by atoms with Crippen LogP contribution in [0.3, 0.4) is 0 Å². The standard InChI is InChI=1S/C21H20N4O2S/c1-27-18-9-3-2-7-16(18)24-20(26)11-10-19-23-17-8-4-12-22-21(17)25(19)14-15-6-5-13-28-15/h2-9,12-13H,10-11,14H2,1H3,(H,24,26). The maximum Gasteiger partial charge on any atom is 0.224 e. The van der Waals surface area contributed by atoms with E-state index in [4.69, 9.17) is 9.72 Å². The molecule has 6 nitrogen and oxygen atoms in total. The van der Waals surface area contributed by atoms with Gasteiger partial charge in [-0.15, -0.1) is 11.3 Å². The smallest absolute Gasteiger partial charge is 0.224 e. The molecule has 0 fully saturated rings. The van der Waals surface area contributed by atoms with E-state index < -0.39 is 0 Å². The van der Waals surface area contributed by atoms with Gasteiger partial charge in [0.1, 0.15) is 17.1 Å². The van der Waals surface area contributed by atoms with E-state index in [2.05, 4.69) is 26.3 Å². The number of fused-ring (bicyclic) bond motifs is 1. The first-order chi connectivity index (χ1) is 13.7. The van der Waals surface area contributed by atoms with Gasteiger partial charge in [0.2, 0.25) is 5.91 Å². The second-order valence-electron chi connectivity index (χ2n) is 6.29. The molecule has 3 aromatic heterocycles. The number of aromatic nitrogens is 3. The summed E-state index contributed by atoms with van der Waals surface area (Å²) in [5.74, 6) is 1.43. The fourth-order valence-corrected chi connectivity index (χ4v) is 3.80. The summed E-state index contributed by atoms with van der Waals surface area (Å²) in [5, 5.41) is 4.97. The normalized spacial score (nSPS) is 10.9. The Kier molecular flexibility index (Phi) is 5.34. The zero-order valence-electron chi connectivity index (χ0n) is 15.5. The number of hydrogen-bond acceptors (Lipinski definition) is 5. The van der Waals surface area contributed by atoms with Gasteiger partial charge in [-0.1, -0.05) is 18.2 Å². The van der Waals surface area contributed by atoms with Crippen molar-refractivity contribution in [1.29, 1.82) is 0 Å². The molecule has 4 aromatic rings. The van der Waals surface area contributed by atoms with Crippen molar-refractivity contribution >= 4 is 34.1 Å². The van der Waals surface area contributed by atoms with Crippen LogP contribution >= 0.6 is 11.3 Å². The van der Waals surface area contributed by atoms with E-state index in [-0.39, 0.29) is 5.91 Å². The summed E-state index contributed by atoms with van der Waals surface area (Å²) in [5.41, 5.74) is 2.36. The Morgan fingerprint density at radius 3 is 2.89 bits per heavy atom. The molecule has 0 aliphatic carbocycles. The number of carbonyl (C=O) groups is 1. The molecule has 0 saturated heterocycles. The van der Waals surface area contributed by atoms with Crippen LogP contribution in [0.4, 0.5) is 5.69 Å². The van der Waals surface area contributed by atoms with Crippen molar-refractivity contribution in [3.63, 3.8) is 0 Å². The Balaban J connectivity index is 1.52. The Hall–Kier alpha value is -3.19. The van der Waals surface area contributed by atoms with Crippen LogP contribution in [0.1, 0.15) is 17.1 Å². The van der Waals surface area contributed by atoms with Crippen LogP contribution in [-0.2, 0) is 17.8 Å². The van der Waals surface area contributed by atoms with E-state index in [0.717, 1.165) is 17.0 Å². The van der Waals surface area contributed by atoms with Crippen LogP contribution in [0.15, 0.2) is 60.1 Å². The maximum atomic E-state index is 12.5. The molecule has 0 aliphatic rings. The summed E-state index contributed by atoms with van der Waals surface area (Å²) in [7, 11) is 1.59. The quantitative estimate of drug-likeness (QED) is 0.514. The maximum absolute atomic E-state index is 12.5. The highest BCUT2D eigenvalue weighted by Crippen LogP contribution is 2.24.